The number of H-pyrrole nitrogens is 1. The molecule has 4 amide bonds. The van der Waals surface area contributed by atoms with Crippen LogP contribution in [0.25, 0.3) is 10.9 Å². The van der Waals surface area contributed by atoms with Gasteiger partial charge in [-0.05, 0) is 30.4 Å². The lowest BCUT2D eigenvalue weighted by molar-refractivity contribution is -0.127. The number of nitrogens with one attached hydrogen (secondary N) is 3. The summed E-state index contributed by atoms with van der Waals surface area (Å²) < 4.78 is 0. The van der Waals surface area contributed by atoms with Gasteiger partial charge in [-0.1, -0.05) is 32.0 Å². The Hall–Kier alpha value is -2.87. The van der Waals surface area contributed by atoms with E-state index < -0.39 is 12.1 Å². The summed E-state index contributed by atoms with van der Waals surface area (Å²) in [7, 11) is 0. The highest BCUT2D eigenvalue weighted by Crippen LogP contribution is 2.19. The van der Waals surface area contributed by atoms with Crippen LogP contribution in [0.15, 0.2) is 30.5 Å². The highest BCUT2D eigenvalue weighted by molar-refractivity contribution is 6.04. The Morgan fingerprint density at radius 3 is 2.76 bits per heavy atom. The molecule has 0 saturated carbocycles. The molecule has 0 aliphatic carbocycles. The summed E-state index contributed by atoms with van der Waals surface area (Å²) in [5.74, 6) is -0.431. The first kappa shape index (κ1) is 20.9. The molecule has 0 bridgehead atoms. The number of aliphatic hydroxyl groups is 1. The molecule has 4 N–H and O–H groups in total. The monoisotopic (exact) mass is 400 g/mol. The lowest BCUT2D eigenvalue weighted by Gasteiger charge is -2.20. The number of aliphatic hydroxyl groups excluding tert-OH is 1. The fourth-order valence-electron chi connectivity index (χ4n) is 3.53. The molecule has 2 heterocycles. The summed E-state index contributed by atoms with van der Waals surface area (Å²) in [6.45, 7) is 3.97. The normalized spacial score (nSPS) is 17.8. The van der Waals surface area contributed by atoms with E-state index in [1.54, 1.807) is 0 Å². The Bertz CT molecular complexity index is 892. The van der Waals surface area contributed by atoms with Crippen LogP contribution >= 0.6 is 0 Å². The minimum atomic E-state index is -0.692. The molecule has 0 spiro atoms. The lowest BCUT2D eigenvalue weighted by Crippen LogP contribution is -2.42. The van der Waals surface area contributed by atoms with Crippen molar-refractivity contribution in [1.29, 1.82) is 0 Å². The van der Waals surface area contributed by atoms with Gasteiger partial charge in [-0.3, -0.25) is 14.5 Å². The molecule has 1 aliphatic heterocycles. The summed E-state index contributed by atoms with van der Waals surface area (Å²) in [5, 5.41) is 15.8. The average molecular weight is 400 g/mol. The number of amides is 4. The van der Waals surface area contributed by atoms with E-state index in [2.05, 4.69) is 15.6 Å². The summed E-state index contributed by atoms with van der Waals surface area (Å²) in [6, 6.07) is 6.46. The number of aromatic nitrogens is 1. The van der Waals surface area contributed by atoms with Crippen molar-refractivity contribution in [2.75, 3.05) is 13.2 Å². The SMILES string of the molecule is CC(C)[C@@H](CO)NC(=O)CC[C@H]1NC(=O)N(CCc2c[nH]c3ccccc23)C1=O. The highest BCUT2D eigenvalue weighted by Gasteiger charge is 2.37. The quantitative estimate of drug-likeness (QED) is 0.478. The first-order chi connectivity index (χ1) is 13.9. The van der Waals surface area contributed by atoms with Gasteiger partial charge in [0.05, 0.1) is 12.6 Å². The molecule has 8 nitrogen and oxygen atoms in total. The maximum Gasteiger partial charge on any atom is 0.324 e. The number of hydrogen-bond donors (Lipinski definition) is 4. The number of urea groups is 1. The van der Waals surface area contributed by atoms with Gasteiger partial charge in [0.1, 0.15) is 6.04 Å². The van der Waals surface area contributed by atoms with Gasteiger partial charge in [0.25, 0.3) is 5.91 Å². The third-order valence-electron chi connectivity index (χ3n) is 5.39. The van der Waals surface area contributed by atoms with E-state index in [0.29, 0.717) is 6.42 Å². The molecule has 0 radical (unpaired) electrons. The maximum absolute atomic E-state index is 12.6. The molecule has 1 fully saturated rings. The predicted molar refractivity (Wildman–Crippen MR) is 109 cm³/mol. The van der Waals surface area contributed by atoms with Gasteiger partial charge in [-0.2, -0.15) is 0 Å². The third kappa shape index (κ3) is 4.76. The molecular formula is C21H28N4O4. The molecule has 0 unspecified atom stereocenters. The van der Waals surface area contributed by atoms with Crippen molar-refractivity contribution < 1.29 is 19.5 Å². The lowest BCUT2D eigenvalue weighted by atomic mass is 10.0. The molecule has 2 aromatic rings. The summed E-state index contributed by atoms with van der Waals surface area (Å²) in [5.41, 5.74) is 2.07. The van der Waals surface area contributed by atoms with Crippen LogP contribution in [0.1, 0.15) is 32.3 Å². The Balaban J connectivity index is 1.52. The van der Waals surface area contributed by atoms with Crippen molar-refractivity contribution >= 4 is 28.7 Å². The molecule has 1 aromatic carbocycles. The fourth-order valence-corrected chi connectivity index (χ4v) is 3.53. The largest absolute Gasteiger partial charge is 0.394 e. The minimum absolute atomic E-state index is 0.107. The maximum atomic E-state index is 12.6. The van der Waals surface area contributed by atoms with Gasteiger partial charge in [0, 0.05) is 30.1 Å². The van der Waals surface area contributed by atoms with Crippen LogP contribution in [0, 0.1) is 5.92 Å². The van der Waals surface area contributed by atoms with Gasteiger partial charge in [0.2, 0.25) is 5.91 Å². The topological polar surface area (TPSA) is 115 Å². The van der Waals surface area contributed by atoms with Crippen molar-refractivity contribution in [3.05, 3.63) is 36.0 Å². The van der Waals surface area contributed by atoms with Gasteiger partial charge in [-0.25, -0.2) is 4.79 Å². The standard InChI is InChI=1S/C21H28N4O4/c1-13(2)18(12-26)23-19(27)8-7-17-20(28)25(21(29)24-17)10-9-14-11-22-16-6-4-3-5-15(14)16/h3-6,11,13,17-18,22,26H,7-10,12H2,1-2H3,(H,23,27)(H,24,29)/t17-,18-/m1/s1. The number of fused-ring (bicyclic) bond motifs is 1. The van der Waals surface area contributed by atoms with Gasteiger partial charge in [0.15, 0.2) is 0 Å². The molecule has 3 rings (SSSR count). The highest BCUT2D eigenvalue weighted by atomic mass is 16.3. The van der Waals surface area contributed by atoms with Crippen molar-refractivity contribution in [3.63, 3.8) is 0 Å². The van der Waals surface area contributed by atoms with Crippen LogP contribution < -0.4 is 10.6 Å². The number of carbonyl (C=O) groups is 3. The van der Waals surface area contributed by atoms with E-state index in [0.717, 1.165) is 16.5 Å². The average Bonchev–Trinajstić information content (AvgIpc) is 3.23. The van der Waals surface area contributed by atoms with Crippen molar-refractivity contribution in [3.8, 4) is 0 Å². The molecular weight excluding hydrogens is 372 g/mol. The first-order valence-corrected chi connectivity index (χ1v) is 9.97. The Morgan fingerprint density at radius 1 is 1.28 bits per heavy atom. The molecule has 1 aromatic heterocycles. The van der Waals surface area contributed by atoms with Crippen LogP contribution in [0.2, 0.25) is 0 Å². The number of aromatic amines is 1. The van der Waals surface area contributed by atoms with Crippen molar-refractivity contribution in [1.82, 2.24) is 20.5 Å². The molecule has 1 aliphatic rings. The van der Waals surface area contributed by atoms with Gasteiger partial charge in [-0.15, -0.1) is 0 Å². The molecule has 8 heteroatoms. The predicted octanol–water partition coefficient (Wildman–Crippen LogP) is 1.54. The number of rotatable bonds is 9. The van der Waals surface area contributed by atoms with E-state index in [1.165, 1.54) is 4.90 Å². The summed E-state index contributed by atoms with van der Waals surface area (Å²) in [6.07, 6.45) is 2.80. The summed E-state index contributed by atoms with van der Waals surface area (Å²) >= 11 is 0. The Labute approximate surface area is 169 Å². The molecule has 1 saturated heterocycles. The molecule has 156 valence electrons. The molecule has 29 heavy (non-hydrogen) atoms. The van der Waals surface area contributed by atoms with Crippen LogP contribution in [0.4, 0.5) is 4.79 Å². The second kappa shape index (κ2) is 9.09. The minimum Gasteiger partial charge on any atom is -0.394 e. The van der Waals surface area contributed by atoms with Crippen LogP contribution in [-0.2, 0) is 16.0 Å². The zero-order chi connectivity index (χ0) is 21.0. The Kier molecular flexibility index (Phi) is 6.53. The van der Waals surface area contributed by atoms with E-state index >= 15 is 0 Å². The second-order valence-electron chi connectivity index (χ2n) is 7.74. The van der Waals surface area contributed by atoms with Crippen LogP contribution in [0.3, 0.4) is 0 Å². The van der Waals surface area contributed by atoms with E-state index in [4.69, 9.17) is 0 Å². The molecule has 2 atom stereocenters. The van der Waals surface area contributed by atoms with Gasteiger partial charge >= 0.3 is 6.03 Å². The number of benzene rings is 1. The third-order valence-corrected chi connectivity index (χ3v) is 5.39. The van der Waals surface area contributed by atoms with E-state index in [-0.39, 0.29) is 49.8 Å². The number of para-hydroxylation sites is 1. The van der Waals surface area contributed by atoms with Crippen LogP contribution in [0.5, 0.6) is 0 Å². The van der Waals surface area contributed by atoms with Gasteiger partial charge < -0.3 is 20.7 Å². The smallest absolute Gasteiger partial charge is 0.324 e. The van der Waals surface area contributed by atoms with Crippen molar-refractivity contribution in [2.24, 2.45) is 5.92 Å². The number of hydrogen-bond acceptors (Lipinski definition) is 4. The fraction of sp³-hybridized carbons (Fsp3) is 0.476. The van der Waals surface area contributed by atoms with Crippen LogP contribution in [-0.4, -0.2) is 58.1 Å². The van der Waals surface area contributed by atoms with E-state index in [1.807, 2.05) is 44.3 Å². The second-order valence-corrected chi connectivity index (χ2v) is 7.74. The summed E-state index contributed by atoms with van der Waals surface area (Å²) in [4.78, 5) is 41.3. The zero-order valence-electron chi connectivity index (χ0n) is 16.8. The number of nitrogens with zero attached hydrogens (tertiary/aromatic N) is 1. The first-order valence-electron chi connectivity index (χ1n) is 9.97. The number of carbonyl (C=O) groups excluding carboxylic acids is 3. The van der Waals surface area contributed by atoms with E-state index in [9.17, 15) is 19.5 Å². The Morgan fingerprint density at radius 2 is 2.03 bits per heavy atom. The zero-order valence-corrected chi connectivity index (χ0v) is 16.8. The number of imide groups is 1. The van der Waals surface area contributed by atoms with Crippen molar-refractivity contribution in [2.45, 2.75) is 45.2 Å².